The van der Waals surface area contributed by atoms with Crippen molar-refractivity contribution in [2.75, 3.05) is 57.8 Å². The Morgan fingerprint density at radius 1 is 0.964 bits per heavy atom. The molecule has 2 saturated heterocycles. The Morgan fingerprint density at radius 3 is 2.11 bits per heavy atom. The lowest BCUT2D eigenvalue weighted by Gasteiger charge is -2.38. The summed E-state index contributed by atoms with van der Waals surface area (Å²) in [7, 11) is 1.76. The summed E-state index contributed by atoms with van der Waals surface area (Å²) in [5, 5.41) is 3.45. The standard InChI is InChI=1S/C17H27N3O.C5H12.C2H6/c1-21-17-5-3-2-4-16(17)20-12-10-19(11-13-20)14-15-6-8-18-9-7-15;1-3-5-4-2;1-2/h2-5,15,18H,6-14H2,1H3;3-5H2,1-2H3;1-2H3. The number of nitrogens with zero attached hydrogens (tertiary/aromatic N) is 2. The van der Waals surface area contributed by atoms with E-state index in [9.17, 15) is 0 Å². The summed E-state index contributed by atoms with van der Waals surface area (Å²) >= 11 is 0. The number of rotatable bonds is 6. The molecule has 0 aliphatic carbocycles. The van der Waals surface area contributed by atoms with Crippen LogP contribution in [-0.2, 0) is 0 Å². The summed E-state index contributed by atoms with van der Waals surface area (Å²) in [4.78, 5) is 5.10. The molecule has 2 aliphatic rings. The van der Waals surface area contributed by atoms with E-state index in [1.54, 1.807) is 7.11 Å². The highest BCUT2D eigenvalue weighted by atomic mass is 16.5. The number of nitrogens with one attached hydrogen (secondary N) is 1. The van der Waals surface area contributed by atoms with E-state index in [1.165, 1.54) is 70.5 Å². The molecule has 2 aliphatic heterocycles. The summed E-state index contributed by atoms with van der Waals surface area (Å²) in [6.45, 7) is 16.6. The third kappa shape index (κ3) is 8.83. The van der Waals surface area contributed by atoms with Gasteiger partial charge in [0.05, 0.1) is 12.8 Å². The number of hydrogen-bond acceptors (Lipinski definition) is 4. The van der Waals surface area contributed by atoms with Gasteiger partial charge >= 0.3 is 0 Å². The Morgan fingerprint density at radius 2 is 1.57 bits per heavy atom. The lowest BCUT2D eigenvalue weighted by Crippen LogP contribution is -2.48. The number of hydrogen-bond donors (Lipinski definition) is 1. The minimum absolute atomic E-state index is 0.893. The van der Waals surface area contributed by atoms with Crippen LogP contribution >= 0.6 is 0 Å². The van der Waals surface area contributed by atoms with E-state index < -0.39 is 0 Å². The maximum absolute atomic E-state index is 5.48. The van der Waals surface area contributed by atoms with Crippen LogP contribution < -0.4 is 15.0 Å². The molecule has 1 aromatic rings. The van der Waals surface area contributed by atoms with Crippen LogP contribution in [0, 0.1) is 5.92 Å². The van der Waals surface area contributed by atoms with Crippen LogP contribution in [0.4, 0.5) is 5.69 Å². The van der Waals surface area contributed by atoms with Gasteiger partial charge in [-0.1, -0.05) is 59.1 Å². The minimum Gasteiger partial charge on any atom is -0.495 e. The number of benzene rings is 1. The van der Waals surface area contributed by atoms with Gasteiger partial charge in [-0.15, -0.1) is 0 Å². The van der Waals surface area contributed by atoms with Crippen LogP contribution in [0.5, 0.6) is 5.75 Å². The van der Waals surface area contributed by atoms with Gasteiger partial charge in [-0.25, -0.2) is 0 Å². The quantitative estimate of drug-likeness (QED) is 0.735. The lowest BCUT2D eigenvalue weighted by molar-refractivity contribution is 0.196. The Hall–Kier alpha value is -1.26. The molecule has 4 nitrogen and oxygen atoms in total. The van der Waals surface area contributed by atoms with Crippen LogP contribution in [0.2, 0.25) is 0 Å². The average Bonchev–Trinajstić information content (AvgIpc) is 2.77. The second kappa shape index (κ2) is 15.6. The molecule has 3 rings (SSSR count). The van der Waals surface area contributed by atoms with Gasteiger partial charge in [-0.3, -0.25) is 4.90 Å². The smallest absolute Gasteiger partial charge is 0.142 e. The van der Waals surface area contributed by atoms with Crippen molar-refractivity contribution in [3.05, 3.63) is 24.3 Å². The molecular weight excluding hydrogens is 346 g/mol. The molecule has 0 radical (unpaired) electrons. The lowest BCUT2D eigenvalue weighted by atomic mass is 9.97. The Kier molecular flexibility index (Phi) is 13.8. The van der Waals surface area contributed by atoms with E-state index in [0.29, 0.717) is 0 Å². The third-order valence-electron chi connectivity index (χ3n) is 5.48. The number of unbranched alkanes of at least 4 members (excludes halogenated alkanes) is 2. The molecule has 0 bridgehead atoms. The highest BCUT2D eigenvalue weighted by Crippen LogP contribution is 2.28. The van der Waals surface area contributed by atoms with Gasteiger partial charge in [-0.05, 0) is 44.0 Å². The fourth-order valence-electron chi connectivity index (χ4n) is 3.85. The van der Waals surface area contributed by atoms with Gasteiger partial charge < -0.3 is 15.0 Å². The predicted octanol–water partition coefficient (Wildman–Crippen LogP) is 5.04. The van der Waals surface area contributed by atoms with E-state index in [1.807, 2.05) is 19.9 Å². The average molecular weight is 392 g/mol. The first kappa shape index (κ1) is 24.8. The number of ether oxygens (including phenoxy) is 1. The summed E-state index contributed by atoms with van der Waals surface area (Å²) in [5.74, 6) is 1.88. The van der Waals surface area contributed by atoms with Crippen molar-refractivity contribution in [1.29, 1.82) is 0 Å². The number of methoxy groups -OCH3 is 1. The Labute approximate surface area is 174 Å². The van der Waals surface area contributed by atoms with Crippen LogP contribution in [0.25, 0.3) is 0 Å². The van der Waals surface area contributed by atoms with E-state index >= 15 is 0 Å². The number of anilines is 1. The maximum atomic E-state index is 5.48. The summed E-state index contributed by atoms with van der Waals surface area (Å²) in [6, 6.07) is 8.35. The minimum atomic E-state index is 0.893. The molecule has 162 valence electrons. The van der Waals surface area contributed by atoms with Gasteiger partial charge in [0.1, 0.15) is 5.75 Å². The van der Waals surface area contributed by atoms with E-state index in [0.717, 1.165) is 24.8 Å². The van der Waals surface area contributed by atoms with Crippen molar-refractivity contribution in [3.8, 4) is 5.75 Å². The fraction of sp³-hybridized carbons (Fsp3) is 0.750. The van der Waals surface area contributed by atoms with Gasteiger partial charge in [-0.2, -0.15) is 0 Å². The molecule has 0 aromatic heterocycles. The van der Waals surface area contributed by atoms with Gasteiger partial charge in [0.25, 0.3) is 0 Å². The van der Waals surface area contributed by atoms with Crippen LogP contribution in [0.3, 0.4) is 0 Å². The van der Waals surface area contributed by atoms with Gasteiger partial charge in [0.15, 0.2) is 0 Å². The Balaban J connectivity index is 0.000000490. The second-order valence-electron chi connectivity index (χ2n) is 7.51. The van der Waals surface area contributed by atoms with E-state index in [4.69, 9.17) is 4.74 Å². The fourth-order valence-corrected chi connectivity index (χ4v) is 3.85. The van der Waals surface area contributed by atoms with Crippen molar-refractivity contribution in [2.45, 2.75) is 59.8 Å². The van der Waals surface area contributed by atoms with Crippen molar-refractivity contribution in [3.63, 3.8) is 0 Å². The summed E-state index contributed by atoms with van der Waals surface area (Å²) in [5.41, 5.74) is 1.24. The first-order chi connectivity index (χ1) is 13.8. The monoisotopic (exact) mass is 391 g/mol. The second-order valence-corrected chi connectivity index (χ2v) is 7.51. The first-order valence-electron chi connectivity index (χ1n) is 11.6. The van der Waals surface area contributed by atoms with Crippen molar-refractivity contribution in [2.24, 2.45) is 5.92 Å². The molecule has 1 aromatic carbocycles. The molecule has 1 N–H and O–H groups in total. The maximum Gasteiger partial charge on any atom is 0.142 e. The Bertz CT molecular complexity index is 478. The number of piperazine rings is 1. The summed E-state index contributed by atoms with van der Waals surface area (Å²) < 4.78 is 5.48. The van der Waals surface area contributed by atoms with Gasteiger partial charge in [0.2, 0.25) is 0 Å². The molecular formula is C24H45N3O. The zero-order valence-corrected chi connectivity index (χ0v) is 19.2. The molecule has 0 spiro atoms. The largest absolute Gasteiger partial charge is 0.495 e. The zero-order valence-electron chi connectivity index (χ0n) is 19.2. The third-order valence-corrected chi connectivity index (χ3v) is 5.48. The molecule has 0 unspecified atom stereocenters. The van der Waals surface area contributed by atoms with Crippen molar-refractivity contribution in [1.82, 2.24) is 10.2 Å². The first-order valence-corrected chi connectivity index (χ1v) is 11.6. The molecule has 2 heterocycles. The SMILES string of the molecule is CC.CCCCC.COc1ccccc1N1CCN(CC2CCNCC2)CC1. The predicted molar refractivity (Wildman–Crippen MR) is 124 cm³/mol. The highest BCUT2D eigenvalue weighted by Gasteiger charge is 2.22. The van der Waals surface area contributed by atoms with Gasteiger partial charge in [0, 0.05) is 32.7 Å². The van der Waals surface area contributed by atoms with Crippen molar-refractivity contribution >= 4 is 5.69 Å². The van der Waals surface area contributed by atoms with Crippen LogP contribution in [0.1, 0.15) is 59.8 Å². The number of para-hydroxylation sites is 2. The highest BCUT2D eigenvalue weighted by molar-refractivity contribution is 5.58. The van der Waals surface area contributed by atoms with Crippen LogP contribution in [0.15, 0.2) is 24.3 Å². The topological polar surface area (TPSA) is 27.7 Å². The molecule has 0 amide bonds. The molecule has 28 heavy (non-hydrogen) atoms. The molecule has 0 saturated carbocycles. The molecule has 2 fully saturated rings. The number of piperidine rings is 1. The molecule has 0 atom stereocenters. The normalized spacial score (nSPS) is 17.8. The zero-order chi connectivity index (χ0) is 20.6. The molecule has 4 heteroatoms. The van der Waals surface area contributed by atoms with E-state index in [-0.39, 0.29) is 0 Å². The van der Waals surface area contributed by atoms with Crippen LogP contribution in [-0.4, -0.2) is 57.8 Å². The summed E-state index contributed by atoms with van der Waals surface area (Å²) in [6.07, 6.45) is 6.76. The van der Waals surface area contributed by atoms with E-state index in [2.05, 4.69) is 47.2 Å². The van der Waals surface area contributed by atoms with Crippen molar-refractivity contribution < 1.29 is 4.74 Å².